The standard InChI is InChI=1S/C19H19N3/c1-2-19(11-12-19)17-7-3-15(4-8-17)16-5-9-18(10-6-16)22-14-13-20-21-22/h3-10,13-14H,2,11-12H2,1H3. The van der Waals surface area contributed by atoms with E-state index in [4.69, 9.17) is 0 Å². The van der Waals surface area contributed by atoms with Crippen LogP contribution < -0.4 is 0 Å². The van der Waals surface area contributed by atoms with Crippen LogP contribution in [-0.4, -0.2) is 15.0 Å². The van der Waals surface area contributed by atoms with E-state index in [1.165, 1.54) is 36.0 Å². The molecule has 4 rings (SSSR count). The highest BCUT2D eigenvalue weighted by Crippen LogP contribution is 2.50. The topological polar surface area (TPSA) is 30.7 Å². The van der Waals surface area contributed by atoms with E-state index in [1.54, 1.807) is 10.9 Å². The minimum atomic E-state index is 0.482. The van der Waals surface area contributed by atoms with Gasteiger partial charge in [-0.2, -0.15) is 0 Å². The number of hydrogen-bond donors (Lipinski definition) is 0. The van der Waals surface area contributed by atoms with Crippen molar-refractivity contribution in [1.29, 1.82) is 0 Å². The third-order valence-corrected chi connectivity index (χ3v) is 4.92. The van der Waals surface area contributed by atoms with Gasteiger partial charge in [0, 0.05) is 0 Å². The van der Waals surface area contributed by atoms with Gasteiger partial charge < -0.3 is 0 Å². The molecule has 0 saturated heterocycles. The Morgan fingerprint density at radius 2 is 1.59 bits per heavy atom. The molecule has 0 spiro atoms. The third kappa shape index (κ3) is 2.23. The first-order valence-electron chi connectivity index (χ1n) is 7.88. The molecule has 3 heteroatoms. The van der Waals surface area contributed by atoms with Crippen molar-refractivity contribution in [3.8, 4) is 16.8 Å². The predicted molar refractivity (Wildman–Crippen MR) is 88.0 cm³/mol. The average Bonchev–Trinajstić information content (AvgIpc) is 3.20. The summed E-state index contributed by atoms with van der Waals surface area (Å²) in [6, 6.07) is 17.5. The van der Waals surface area contributed by atoms with Crippen molar-refractivity contribution in [2.75, 3.05) is 0 Å². The zero-order valence-electron chi connectivity index (χ0n) is 12.7. The summed E-state index contributed by atoms with van der Waals surface area (Å²) in [6.07, 6.45) is 7.47. The van der Waals surface area contributed by atoms with E-state index in [-0.39, 0.29) is 0 Å². The van der Waals surface area contributed by atoms with Crippen molar-refractivity contribution in [3.63, 3.8) is 0 Å². The SMILES string of the molecule is CCC1(c2ccc(-c3ccc(-n4ccnn4)cc3)cc2)CC1. The summed E-state index contributed by atoms with van der Waals surface area (Å²) in [5, 5.41) is 7.85. The maximum Gasteiger partial charge on any atom is 0.0697 e. The van der Waals surface area contributed by atoms with Crippen LogP contribution in [0, 0.1) is 0 Å². The number of nitrogens with zero attached hydrogens (tertiary/aromatic N) is 3. The Labute approximate surface area is 130 Å². The molecule has 0 amide bonds. The molecule has 1 saturated carbocycles. The Morgan fingerprint density at radius 1 is 0.955 bits per heavy atom. The van der Waals surface area contributed by atoms with Crippen LogP contribution in [-0.2, 0) is 5.41 Å². The first-order valence-corrected chi connectivity index (χ1v) is 7.88. The lowest BCUT2D eigenvalue weighted by molar-refractivity contribution is 0.664. The highest BCUT2D eigenvalue weighted by atomic mass is 15.4. The van der Waals surface area contributed by atoms with Gasteiger partial charge in [0.05, 0.1) is 18.1 Å². The first kappa shape index (κ1) is 13.3. The monoisotopic (exact) mass is 289 g/mol. The Kier molecular flexibility index (Phi) is 3.07. The normalized spacial score (nSPS) is 15.7. The number of aromatic nitrogens is 3. The molecule has 1 aromatic heterocycles. The highest BCUT2D eigenvalue weighted by Gasteiger charge is 2.41. The second-order valence-electron chi connectivity index (χ2n) is 6.11. The van der Waals surface area contributed by atoms with E-state index in [2.05, 4.69) is 65.8 Å². The maximum atomic E-state index is 4.01. The molecular weight excluding hydrogens is 270 g/mol. The lowest BCUT2D eigenvalue weighted by Gasteiger charge is -2.13. The Hall–Kier alpha value is -2.42. The molecule has 1 heterocycles. The van der Waals surface area contributed by atoms with Crippen molar-refractivity contribution >= 4 is 0 Å². The van der Waals surface area contributed by atoms with Gasteiger partial charge in [-0.25, -0.2) is 4.68 Å². The van der Waals surface area contributed by atoms with Gasteiger partial charge in [-0.05, 0) is 53.5 Å². The Balaban J connectivity index is 1.59. The van der Waals surface area contributed by atoms with Crippen LogP contribution in [0.5, 0.6) is 0 Å². The fourth-order valence-electron chi connectivity index (χ4n) is 3.17. The zero-order valence-corrected chi connectivity index (χ0v) is 12.7. The summed E-state index contributed by atoms with van der Waals surface area (Å²) >= 11 is 0. The Morgan fingerprint density at radius 3 is 2.09 bits per heavy atom. The molecule has 0 aliphatic heterocycles. The van der Waals surface area contributed by atoms with Gasteiger partial charge in [0.25, 0.3) is 0 Å². The fraction of sp³-hybridized carbons (Fsp3) is 0.263. The molecule has 0 unspecified atom stereocenters. The van der Waals surface area contributed by atoms with Crippen LogP contribution in [0.25, 0.3) is 16.8 Å². The lowest BCUT2D eigenvalue weighted by Crippen LogP contribution is -2.03. The van der Waals surface area contributed by atoms with Gasteiger partial charge in [-0.15, -0.1) is 5.10 Å². The maximum absolute atomic E-state index is 4.01. The van der Waals surface area contributed by atoms with Crippen LogP contribution >= 0.6 is 0 Å². The van der Waals surface area contributed by atoms with Crippen LogP contribution in [0.4, 0.5) is 0 Å². The average molecular weight is 289 g/mol. The van der Waals surface area contributed by atoms with E-state index >= 15 is 0 Å². The minimum Gasteiger partial charge on any atom is -0.221 e. The smallest absolute Gasteiger partial charge is 0.0697 e. The van der Waals surface area contributed by atoms with Crippen molar-refractivity contribution in [2.24, 2.45) is 0 Å². The molecule has 3 aromatic rings. The van der Waals surface area contributed by atoms with Crippen molar-refractivity contribution < 1.29 is 0 Å². The van der Waals surface area contributed by atoms with Crippen molar-refractivity contribution in [2.45, 2.75) is 31.6 Å². The molecule has 1 aliphatic carbocycles. The highest BCUT2D eigenvalue weighted by molar-refractivity contribution is 5.65. The summed E-state index contributed by atoms with van der Waals surface area (Å²) in [6.45, 7) is 2.30. The van der Waals surface area contributed by atoms with E-state index in [1.807, 2.05) is 6.20 Å². The molecule has 0 radical (unpaired) electrons. The van der Waals surface area contributed by atoms with Crippen LogP contribution in [0.3, 0.4) is 0 Å². The molecule has 0 bridgehead atoms. The molecule has 3 nitrogen and oxygen atoms in total. The summed E-state index contributed by atoms with van der Waals surface area (Å²) < 4.78 is 1.77. The third-order valence-electron chi connectivity index (χ3n) is 4.92. The summed E-state index contributed by atoms with van der Waals surface area (Å²) in [5.74, 6) is 0. The van der Waals surface area contributed by atoms with Gasteiger partial charge in [-0.1, -0.05) is 48.5 Å². The number of rotatable bonds is 4. The largest absolute Gasteiger partial charge is 0.221 e. The molecule has 0 N–H and O–H groups in total. The van der Waals surface area contributed by atoms with E-state index in [0.29, 0.717) is 5.41 Å². The molecular formula is C19H19N3. The number of hydrogen-bond acceptors (Lipinski definition) is 2. The molecule has 1 fully saturated rings. The van der Waals surface area contributed by atoms with Crippen molar-refractivity contribution in [1.82, 2.24) is 15.0 Å². The van der Waals surface area contributed by atoms with Crippen molar-refractivity contribution in [3.05, 3.63) is 66.5 Å². The van der Waals surface area contributed by atoms with Gasteiger partial charge >= 0.3 is 0 Å². The zero-order chi connectivity index (χ0) is 15.0. The van der Waals surface area contributed by atoms with Crippen LogP contribution in [0.15, 0.2) is 60.9 Å². The van der Waals surface area contributed by atoms with Gasteiger partial charge in [0.15, 0.2) is 0 Å². The first-order chi connectivity index (χ1) is 10.8. The van der Waals surface area contributed by atoms with E-state index < -0.39 is 0 Å². The van der Waals surface area contributed by atoms with Crippen LogP contribution in [0.1, 0.15) is 31.7 Å². The predicted octanol–water partition coefficient (Wildman–Crippen LogP) is 4.38. The summed E-state index contributed by atoms with van der Waals surface area (Å²) in [7, 11) is 0. The van der Waals surface area contributed by atoms with Crippen LogP contribution in [0.2, 0.25) is 0 Å². The minimum absolute atomic E-state index is 0.482. The summed E-state index contributed by atoms with van der Waals surface area (Å²) in [5.41, 5.74) is 5.51. The molecule has 1 aliphatic rings. The molecule has 0 atom stereocenters. The quantitative estimate of drug-likeness (QED) is 0.713. The van der Waals surface area contributed by atoms with Gasteiger partial charge in [-0.3, -0.25) is 0 Å². The Bertz CT molecular complexity index is 751. The molecule has 22 heavy (non-hydrogen) atoms. The second kappa shape index (κ2) is 5.09. The summed E-state index contributed by atoms with van der Waals surface area (Å²) in [4.78, 5) is 0. The molecule has 110 valence electrons. The number of benzene rings is 2. The van der Waals surface area contributed by atoms with E-state index in [0.717, 1.165) is 5.69 Å². The molecule has 2 aromatic carbocycles. The lowest BCUT2D eigenvalue weighted by atomic mass is 9.91. The van der Waals surface area contributed by atoms with Gasteiger partial charge in [0.2, 0.25) is 0 Å². The van der Waals surface area contributed by atoms with E-state index in [9.17, 15) is 0 Å². The fourth-order valence-corrected chi connectivity index (χ4v) is 3.17. The second-order valence-corrected chi connectivity index (χ2v) is 6.11. The van der Waals surface area contributed by atoms with Gasteiger partial charge in [0.1, 0.15) is 0 Å².